The number of aryl methyl sites for hydroxylation is 1. The van der Waals surface area contributed by atoms with Crippen LogP contribution in [0.4, 0.5) is 5.69 Å². The molecule has 1 aromatic heterocycles. The minimum Gasteiger partial charge on any atom is -0.398 e. The van der Waals surface area contributed by atoms with Crippen molar-refractivity contribution >= 4 is 5.69 Å². The van der Waals surface area contributed by atoms with E-state index in [2.05, 4.69) is 23.6 Å². The van der Waals surface area contributed by atoms with E-state index in [0.29, 0.717) is 0 Å². The van der Waals surface area contributed by atoms with Crippen molar-refractivity contribution in [2.24, 2.45) is 0 Å². The summed E-state index contributed by atoms with van der Waals surface area (Å²) in [5.41, 5.74) is 10.2. The summed E-state index contributed by atoms with van der Waals surface area (Å²) in [6.07, 6.45) is 4.25. The molecule has 0 saturated carbocycles. The molecule has 17 heavy (non-hydrogen) atoms. The molecular weight excluding hydrogens is 210 g/mol. The standard InChI is InChI=1S/C14H19N3/c1-3-4-9-17-11(2)13(10-16-17)12-7-5-6-8-14(12)15/h5-8,10H,3-4,9,15H2,1-2H3. The summed E-state index contributed by atoms with van der Waals surface area (Å²) in [5.74, 6) is 0. The molecule has 3 nitrogen and oxygen atoms in total. The Morgan fingerprint density at radius 1 is 1.24 bits per heavy atom. The topological polar surface area (TPSA) is 43.8 Å². The van der Waals surface area contributed by atoms with Gasteiger partial charge in [-0.05, 0) is 19.4 Å². The van der Waals surface area contributed by atoms with Crippen LogP contribution in [0, 0.1) is 6.92 Å². The van der Waals surface area contributed by atoms with Crippen LogP contribution in [0.2, 0.25) is 0 Å². The number of para-hydroxylation sites is 1. The molecule has 0 amide bonds. The molecule has 0 unspecified atom stereocenters. The number of aromatic nitrogens is 2. The number of nitrogens with two attached hydrogens (primary N) is 1. The molecule has 0 spiro atoms. The molecule has 0 aliphatic carbocycles. The van der Waals surface area contributed by atoms with Crippen LogP contribution in [-0.4, -0.2) is 9.78 Å². The van der Waals surface area contributed by atoms with Gasteiger partial charge >= 0.3 is 0 Å². The van der Waals surface area contributed by atoms with Gasteiger partial charge in [-0.2, -0.15) is 5.10 Å². The fourth-order valence-electron chi connectivity index (χ4n) is 1.99. The number of nitrogens with zero attached hydrogens (tertiary/aromatic N) is 2. The molecule has 0 bridgehead atoms. The van der Waals surface area contributed by atoms with Crippen LogP contribution in [-0.2, 0) is 6.54 Å². The lowest BCUT2D eigenvalue weighted by molar-refractivity contribution is 0.559. The zero-order chi connectivity index (χ0) is 12.3. The van der Waals surface area contributed by atoms with Gasteiger partial charge in [0.05, 0.1) is 6.20 Å². The molecule has 90 valence electrons. The molecule has 1 aromatic carbocycles. The maximum atomic E-state index is 5.99. The van der Waals surface area contributed by atoms with E-state index in [0.717, 1.165) is 29.8 Å². The fourth-order valence-corrected chi connectivity index (χ4v) is 1.99. The summed E-state index contributed by atoms with van der Waals surface area (Å²) in [7, 11) is 0. The number of unbranched alkanes of at least 4 members (excludes halogenated alkanes) is 1. The number of hydrogen-bond acceptors (Lipinski definition) is 2. The van der Waals surface area contributed by atoms with E-state index >= 15 is 0 Å². The van der Waals surface area contributed by atoms with Gasteiger partial charge in [0.2, 0.25) is 0 Å². The van der Waals surface area contributed by atoms with Crippen LogP contribution in [0.1, 0.15) is 25.5 Å². The minimum absolute atomic E-state index is 0.811. The third-order valence-electron chi connectivity index (χ3n) is 3.08. The Bertz CT molecular complexity index is 500. The largest absolute Gasteiger partial charge is 0.398 e. The second kappa shape index (κ2) is 5.04. The molecule has 0 fully saturated rings. The van der Waals surface area contributed by atoms with Crippen LogP contribution in [0.5, 0.6) is 0 Å². The first-order valence-corrected chi connectivity index (χ1v) is 6.11. The van der Waals surface area contributed by atoms with Gasteiger partial charge < -0.3 is 5.73 Å². The Kier molecular flexibility index (Phi) is 3.47. The van der Waals surface area contributed by atoms with Gasteiger partial charge in [-0.15, -0.1) is 0 Å². The summed E-state index contributed by atoms with van der Waals surface area (Å²) in [5, 5.41) is 4.43. The number of nitrogen functional groups attached to an aromatic ring is 1. The molecule has 0 atom stereocenters. The highest BCUT2D eigenvalue weighted by Crippen LogP contribution is 2.28. The van der Waals surface area contributed by atoms with Gasteiger partial charge in [0.25, 0.3) is 0 Å². The van der Waals surface area contributed by atoms with Crippen LogP contribution >= 0.6 is 0 Å². The maximum Gasteiger partial charge on any atom is 0.0571 e. The zero-order valence-corrected chi connectivity index (χ0v) is 10.5. The highest BCUT2D eigenvalue weighted by molar-refractivity contribution is 5.77. The van der Waals surface area contributed by atoms with E-state index in [-0.39, 0.29) is 0 Å². The molecule has 3 heteroatoms. The number of benzene rings is 1. The van der Waals surface area contributed by atoms with Crippen molar-refractivity contribution in [3.63, 3.8) is 0 Å². The molecule has 0 aliphatic rings. The van der Waals surface area contributed by atoms with Crippen molar-refractivity contribution < 1.29 is 0 Å². The second-order valence-corrected chi connectivity index (χ2v) is 4.31. The van der Waals surface area contributed by atoms with Crippen molar-refractivity contribution in [3.05, 3.63) is 36.2 Å². The van der Waals surface area contributed by atoms with Crippen LogP contribution < -0.4 is 5.73 Å². The van der Waals surface area contributed by atoms with E-state index in [1.807, 2.05) is 30.5 Å². The highest BCUT2D eigenvalue weighted by Gasteiger charge is 2.10. The van der Waals surface area contributed by atoms with Gasteiger partial charge in [0, 0.05) is 29.1 Å². The smallest absolute Gasteiger partial charge is 0.0571 e. The first-order valence-electron chi connectivity index (χ1n) is 6.11. The lowest BCUT2D eigenvalue weighted by Gasteiger charge is -2.06. The lowest BCUT2D eigenvalue weighted by Crippen LogP contribution is -2.02. The molecule has 2 rings (SSSR count). The Balaban J connectivity index is 2.34. The summed E-state index contributed by atoms with van der Waals surface area (Å²) < 4.78 is 2.06. The third-order valence-corrected chi connectivity index (χ3v) is 3.08. The monoisotopic (exact) mass is 229 g/mol. The van der Waals surface area contributed by atoms with Crippen molar-refractivity contribution in [3.8, 4) is 11.1 Å². The number of rotatable bonds is 4. The van der Waals surface area contributed by atoms with Crippen molar-refractivity contribution in [2.75, 3.05) is 5.73 Å². The third kappa shape index (κ3) is 2.33. The van der Waals surface area contributed by atoms with Gasteiger partial charge in [-0.3, -0.25) is 4.68 Å². The van der Waals surface area contributed by atoms with E-state index < -0.39 is 0 Å². The van der Waals surface area contributed by atoms with Gasteiger partial charge in [-0.25, -0.2) is 0 Å². The maximum absolute atomic E-state index is 5.99. The molecule has 1 heterocycles. The quantitative estimate of drug-likeness (QED) is 0.818. The molecular formula is C14H19N3. The van der Waals surface area contributed by atoms with Crippen molar-refractivity contribution in [1.82, 2.24) is 9.78 Å². The number of hydrogen-bond donors (Lipinski definition) is 1. The van der Waals surface area contributed by atoms with E-state index in [1.54, 1.807) is 0 Å². The zero-order valence-electron chi connectivity index (χ0n) is 10.5. The highest BCUT2D eigenvalue weighted by atomic mass is 15.3. The average Bonchev–Trinajstić information content (AvgIpc) is 2.69. The lowest BCUT2D eigenvalue weighted by atomic mass is 10.1. The molecule has 0 aliphatic heterocycles. The Hall–Kier alpha value is -1.77. The van der Waals surface area contributed by atoms with Gasteiger partial charge in [0.15, 0.2) is 0 Å². The fraction of sp³-hybridized carbons (Fsp3) is 0.357. The summed E-state index contributed by atoms with van der Waals surface area (Å²) in [4.78, 5) is 0. The molecule has 0 radical (unpaired) electrons. The Labute approximate surface area is 102 Å². The first kappa shape index (κ1) is 11.7. The van der Waals surface area contributed by atoms with E-state index in [1.165, 1.54) is 12.1 Å². The average molecular weight is 229 g/mol. The molecule has 2 aromatic rings. The summed E-state index contributed by atoms with van der Waals surface area (Å²) >= 11 is 0. The van der Waals surface area contributed by atoms with Crippen LogP contribution in [0.3, 0.4) is 0 Å². The molecule has 0 saturated heterocycles. The van der Waals surface area contributed by atoms with Crippen LogP contribution in [0.25, 0.3) is 11.1 Å². The normalized spacial score (nSPS) is 10.7. The van der Waals surface area contributed by atoms with Crippen LogP contribution in [0.15, 0.2) is 30.5 Å². The predicted octanol–water partition coefficient (Wildman–Crippen LogP) is 3.24. The van der Waals surface area contributed by atoms with E-state index in [4.69, 9.17) is 5.73 Å². The summed E-state index contributed by atoms with van der Waals surface area (Å²) in [6, 6.07) is 7.94. The van der Waals surface area contributed by atoms with Gasteiger partial charge in [0.1, 0.15) is 0 Å². The SMILES string of the molecule is CCCCn1ncc(-c2ccccc2N)c1C. The van der Waals surface area contributed by atoms with Crippen molar-refractivity contribution in [2.45, 2.75) is 33.2 Å². The summed E-state index contributed by atoms with van der Waals surface area (Å²) in [6.45, 7) is 5.27. The Morgan fingerprint density at radius 3 is 2.71 bits per heavy atom. The van der Waals surface area contributed by atoms with E-state index in [9.17, 15) is 0 Å². The predicted molar refractivity (Wildman–Crippen MR) is 71.7 cm³/mol. The van der Waals surface area contributed by atoms with Gasteiger partial charge in [-0.1, -0.05) is 31.5 Å². The number of anilines is 1. The van der Waals surface area contributed by atoms with Crippen molar-refractivity contribution in [1.29, 1.82) is 0 Å². The Morgan fingerprint density at radius 2 is 2.00 bits per heavy atom. The first-order chi connectivity index (χ1) is 8.24. The molecule has 2 N–H and O–H groups in total. The minimum atomic E-state index is 0.811. The second-order valence-electron chi connectivity index (χ2n) is 4.31.